The van der Waals surface area contributed by atoms with Crippen molar-refractivity contribution in [1.82, 2.24) is 14.7 Å². The number of carbonyl (C=O) groups excluding carboxylic acids is 1. The molecule has 0 bridgehead atoms. The number of rotatable bonds is 4. The average Bonchev–Trinajstić information content (AvgIpc) is 2.98. The molecule has 1 saturated heterocycles. The van der Waals surface area contributed by atoms with E-state index in [-0.39, 0.29) is 22.4 Å². The van der Waals surface area contributed by atoms with Crippen LogP contribution in [-0.4, -0.2) is 51.7 Å². The third-order valence-electron chi connectivity index (χ3n) is 4.84. The lowest BCUT2D eigenvalue weighted by molar-refractivity contribution is -0.384. The highest BCUT2D eigenvalue weighted by atomic mass is 16.6. The molecule has 1 aromatic carbocycles. The van der Waals surface area contributed by atoms with Gasteiger partial charge in [-0.05, 0) is 32.0 Å². The molecule has 8 nitrogen and oxygen atoms in total. The number of hydrogen-bond acceptors (Lipinski definition) is 5. The molecule has 0 unspecified atom stereocenters. The van der Waals surface area contributed by atoms with Crippen molar-refractivity contribution in [2.45, 2.75) is 27.7 Å². The van der Waals surface area contributed by atoms with Crippen LogP contribution in [0.3, 0.4) is 0 Å². The van der Waals surface area contributed by atoms with Crippen LogP contribution < -0.4 is 4.90 Å². The first kappa shape index (κ1) is 18.9. The van der Waals surface area contributed by atoms with Crippen molar-refractivity contribution in [2.75, 3.05) is 31.1 Å². The van der Waals surface area contributed by atoms with Crippen molar-refractivity contribution in [1.29, 1.82) is 0 Å². The first-order valence-corrected chi connectivity index (χ1v) is 9.13. The summed E-state index contributed by atoms with van der Waals surface area (Å²) in [5, 5.41) is 15.9. The number of aromatic nitrogens is 2. The number of hydrogen-bond donors (Lipinski definition) is 0. The van der Waals surface area contributed by atoms with Gasteiger partial charge in [-0.1, -0.05) is 13.8 Å². The molecule has 2 aromatic rings. The number of amides is 1. The van der Waals surface area contributed by atoms with E-state index in [1.807, 2.05) is 44.7 Å². The van der Waals surface area contributed by atoms with E-state index in [9.17, 15) is 14.9 Å². The maximum Gasteiger partial charge on any atom is 0.295 e. The van der Waals surface area contributed by atoms with Crippen molar-refractivity contribution in [3.63, 3.8) is 0 Å². The fourth-order valence-electron chi connectivity index (χ4n) is 3.46. The molecule has 1 aromatic heterocycles. The maximum atomic E-state index is 12.2. The molecule has 0 spiro atoms. The van der Waals surface area contributed by atoms with Crippen LogP contribution in [0.5, 0.6) is 0 Å². The zero-order valence-corrected chi connectivity index (χ0v) is 16.2. The topological polar surface area (TPSA) is 84.5 Å². The Labute approximate surface area is 158 Å². The molecule has 1 aliphatic heterocycles. The van der Waals surface area contributed by atoms with Crippen LogP contribution in [0.4, 0.5) is 11.4 Å². The SMILES string of the molecule is Cc1cc(C)n(-c2cc(N3CCN(C(=O)C(C)C)CC3)ccc2[N+](=O)[O-])n1. The van der Waals surface area contributed by atoms with Gasteiger partial charge in [0, 0.05) is 49.5 Å². The first-order valence-electron chi connectivity index (χ1n) is 9.13. The second kappa shape index (κ2) is 7.38. The summed E-state index contributed by atoms with van der Waals surface area (Å²) >= 11 is 0. The number of piperazine rings is 1. The van der Waals surface area contributed by atoms with E-state index in [0.717, 1.165) is 17.1 Å². The molecule has 8 heteroatoms. The van der Waals surface area contributed by atoms with Gasteiger partial charge in [0.05, 0.1) is 10.6 Å². The average molecular weight is 371 g/mol. The van der Waals surface area contributed by atoms with E-state index in [4.69, 9.17) is 0 Å². The number of aryl methyl sites for hydroxylation is 2. The van der Waals surface area contributed by atoms with Crippen LogP contribution in [-0.2, 0) is 4.79 Å². The lowest BCUT2D eigenvalue weighted by Gasteiger charge is -2.37. The quantitative estimate of drug-likeness (QED) is 0.609. The highest BCUT2D eigenvalue weighted by molar-refractivity contribution is 5.78. The van der Waals surface area contributed by atoms with E-state index in [2.05, 4.69) is 10.00 Å². The summed E-state index contributed by atoms with van der Waals surface area (Å²) in [7, 11) is 0. The Morgan fingerprint density at radius 1 is 1.15 bits per heavy atom. The normalized spacial score (nSPS) is 14.7. The molecule has 3 rings (SSSR count). The van der Waals surface area contributed by atoms with E-state index >= 15 is 0 Å². The third-order valence-corrected chi connectivity index (χ3v) is 4.84. The van der Waals surface area contributed by atoms with Crippen molar-refractivity contribution >= 4 is 17.3 Å². The molecule has 2 heterocycles. The van der Waals surface area contributed by atoms with E-state index in [1.165, 1.54) is 6.07 Å². The summed E-state index contributed by atoms with van der Waals surface area (Å²) in [6.07, 6.45) is 0. The zero-order chi connectivity index (χ0) is 19.7. The van der Waals surface area contributed by atoms with Crippen LogP contribution in [0.25, 0.3) is 5.69 Å². The minimum Gasteiger partial charge on any atom is -0.368 e. The van der Waals surface area contributed by atoms with E-state index in [0.29, 0.717) is 31.9 Å². The van der Waals surface area contributed by atoms with Gasteiger partial charge < -0.3 is 9.80 Å². The minimum absolute atomic E-state index is 0.00597. The summed E-state index contributed by atoms with van der Waals surface area (Å²) in [6.45, 7) is 10.3. The van der Waals surface area contributed by atoms with Crippen molar-refractivity contribution in [3.8, 4) is 5.69 Å². The molecule has 0 atom stereocenters. The summed E-state index contributed by atoms with van der Waals surface area (Å²) in [4.78, 5) is 27.3. The van der Waals surface area contributed by atoms with Crippen LogP contribution in [0.2, 0.25) is 0 Å². The van der Waals surface area contributed by atoms with Gasteiger partial charge >= 0.3 is 0 Å². The molecule has 144 valence electrons. The van der Waals surface area contributed by atoms with Crippen LogP contribution >= 0.6 is 0 Å². The Hall–Kier alpha value is -2.90. The predicted molar refractivity (Wildman–Crippen MR) is 103 cm³/mol. The minimum atomic E-state index is -0.380. The molecular weight excluding hydrogens is 346 g/mol. The number of benzene rings is 1. The summed E-state index contributed by atoms with van der Waals surface area (Å²) in [5.41, 5.74) is 3.05. The van der Waals surface area contributed by atoms with Gasteiger partial charge in [-0.15, -0.1) is 0 Å². The monoisotopic (exact) mass is 371 g/mol. The van der Waals surface area contributed by atoms with Crippen molar-refractivity contribution < 1.29 is 9.72 Å². The van der Waals surface area contributed by atoms with Crippen LogP contribution in [0, 0.1) is 29.9 Å². The van der Waals surface area contributed by atoms with Crippen LogP contribution in [0.15, 0.2) is 24.3 Å². The fraction of sp³-hybridized carbons (Fsp3) is 0.474. The first-order chi connectivity index (χ1) is 12.8. The van der Waals surface area contributed by atoms with E-state index < -0.39 is 0 Å². The number of nitro benzene ring substituents is 1. The molecule has 0 radical (unpaired) electrons. The van der Waals surface area contributed by atoms with Gasteiger partial charge in [0.1, 0.15) is 5.69 Å². The lowest BCUT2D eigenvalue weighted by Crippen LogP contribution is -2.49. The van der Waals surface area contributed by atoms with Gasteiger partial charge in [0.2, 0.25) is 5.91 Å². The molecule has 27 heavy (non-hydrogen) atoms. The standard InChI is InChI=1S/C19H25N5O3/c1-13(2)19(25)22-9-7-21(8-10-22)16-5-6-17(24(26)27)18(12-16)23-15(4)11-14(3)20-23/h5-6,11-13H,7-10H2,1-4H3. The number of anilines is 1. The van der Waals surface area contributed by atoms with E-state index in [1.54, 1.807) is 10.7 Å². The van der Waals surface area contributed by atoms with Gasteiger partial charge in [-0.3, -0.25) is 14.9 Å². The lowest BCUT2D eigenvalue weighted by atomic mass is 10.1. The molecule has 0 aliphatic carbocycles. The molecule has 1 fully saturated rings. The molecular formula is C19H25N5O3. The highest BCUT2D eigenvalue weighted by Crippen LogP contribution is 2.29. The Bertz CT molecular complexity index is 866. The Morgan fingerprint density at radius 2 is 1.81 bits per heavy atom. The van der Waals surface area contributed by atoms with Gasteiger partial charge in [-0.2, -0.15) is 5.10 Å². The Kier molecular flexibility index (Phi) is 5.16. The Morgan fingerprint density at radius 3 is 2.33 bits per heavy atom. The maximum absolute atomic E-state index is 12.2. The number of carbonyl (C=O) groups is 1. The molecule has 1 amide bonds. The Balaban J connectivity index is 1.88. The smallest absolute Gasteiger partial charge is 0.295 e. The molecule has 0 saturated carbocycles. The number of nitrogens with zero attached hydrogens (tertiary/aromatic N) is 5. The molecule has 1 aliphatic rings. The fourth-order valence-corrected chi connectivity index (χ4v) is 3.46. The van der Waals surface area contributed by atoms with Crippen molar-refractivity contribution in [3.05, 3.63) is 45.8 Å². The van der Waals surface area contributed by atoms with Gasteiger partial charge in [-0.25, -0.2) is 4.68 Å². The second-order valence-electron chi connectivity index (χ2n) is 7.24. The highest BCUT2D eigenvalue weighted by Gasteiger charge is 2.25. The van der Waals surface area contributed by atoms with Crippen LogP contribution in [0.1, 0.15) is 25.2 Å². The molecule has 0 N–H and O–H groups in total. The second-order valence-corrected chi connectivity index (χ2v) is 7.24. The number of nitro groups is 1. The van der Waals surface area contributed by atoms with Crippen molar-refractivity contribution in [2.24, 2.45) is 5.92 Å². The third kappa shape index (κ3) is 3.79. The summed E-state index contributed by atoms with van der Waals surface area (Å²) < 4.78 is 1.62. The summed E-state index contributed by atoms with van der Waals surface area (Å²) in [5.74, 6) is 0.162. The van der Waals surface area contributed by atoms with Gasteiger partial charge in [0.15, 0.2) is 0 Å². The largest absolute Gasteiger partial charge is 0.368 e. The van der Waals surface area contributed by atoms with Gasteiger partial charge in [0.25, 0.3) is 5.69 Å². The predicted octanol–water partition coefficient (Wildman–Crippen LogP) is 2.70. The zero-order valence-electron chi connectivity index (χ0n) is 16.2. The summed E-state index contributed by atoms with van der Waals surface area (Å²) in [6, 6.07) is 7.02.